The van der Waals surface area contributed by atoms with E-state index in [0.717, 1.165) is 12.1 Å². The fraction of sp³-hybridized carbons (Fsp3) is 0.647. The molecule has 110 valence electrons. The van der Waals surface area contributed by atoms with Gasteiger partial charge in [0.1, 0.15) is 5.75 Å². The van der Waals surface area contributed by atoms with Gasteiger partial charge in [-0.1, -0.05) is 18.6 Å². The molecule has 2 aliphatic rings. The van der Waals surface area contributed by atoms with Gasteiger partial charge < -0.3 is 15.3 Å². The first kappa shape index (κ1) is 13.9. The number of rotatable bonds is 3. The lowest BCUT2D eigenvalue weighted by atomic mass is 9.82. The van der Waals surface area contributed by atoms with Crippen LogP contribution in [-0.4, -0.2) is 35.2 Å². The highest BCUT2D eigenvalue weighted by atomic mass is 16.3. The van der Waals surface area contributed by atoms with E-state index in [4.69, 9.17) is 0 Å². The minimum atomic E-state index is 0.302. The second-order valence-electron chi connectivity index (χ2n) is 6.56. The third-order valence-electron chi connectivity index (χ3n) is 5.20. The summed E-state index contributed by atoms with van der Waals surface area (Å²) in [5.41, 5.74) is 1.18. The molecule has 0 amide bonds. The van der Waals surface area contributed by atoms with E-state index >= 15 is 0 Å². The van der Waals surface area contributed by atoms with Gasteiger partial charge in [0.15, 0.2) is 0 Å². The number of benzene rings is 1. The number of phenols is 1. The Kier molecular flexibility index (Phi) is 3.99. The van der Waals surface area contributed by atoms with Gasteiger partial charge in [0.05, 0.1) is 0 Å². The molecule has 2 heterocycles. The largest absolute Gasteiger partial charge is 0.508 e. The van der Waals surface area contributed by atoms with Crippen molar-refractivity contribution in [1.82, 2.24) is 10.2 Å². The zero-order valence-corrected chi connectivity index (χ0v) is 12.5. The van der Waals surface area contributed by atoms with Crippen molar-refractivity contribution < 1.29 is 5.11 Å². The van der Waals surface area contributed by atoms with Crippen LogP contribution in [0.1, 0.15) is 50.6 Å². The monoisotopic (exact) mass is 274 g/mol. The van der Waals surface area contributed by atoms with Gasteiger partial charge in [-0.2, -0.15) is 0 Å². The van der Waals surface area contributed by atoms with Crippen LogP contribution in [0.2, 0.25) is 0 Å². The molecular weight excluding hydrogens is 248 g/mol. The maximum absolute atomic E-state index is 9.60. The van der Waals surface area contributed by atoms with Gasteiger partial charge in [-0.15, -0.1) is 0 Å². The van der Waals surface area contributed by atoms with E-state index in [1.165, 1.54) is 37.7 Å². The molecule has 3 unspecified atom stereocenters. The molecule has 3 rings (SSSR count). The van der Waals surface area contributed by atoms with Gasteiger partial charge in [-0.3, -0.25) is 0 Å². The number of hydrogen-bond donors (Lipinski definition) is 2. The summed E-state index contributed by atoms with van der Waals surface area (Å²) < 4.78 is 0. The molecule has 1 aromatic rings. The van der Waals surface area contributed by atoms with Crippen molar-refractivity contribution in [2.24, 2.45) is 0 Å². The molecule has 3 heteroatoms. The molecule has 0 aromatic heterocycles. The number of piperidine rings is 2. The van der Waals surface area contributed by atoms with E-state index in [9.17, 15) is 5.11 Å². The summed E-state index contributed by atoms with van der Waals surface area (Å²) in [4.78, 5) is 2.60. The molecule has 2 aliphatic heterocycles. The van der Waals surface area contributed by atoms with Gasteiger partial charge in [0.25, 0.3) is 0 Å². The summed E-state index contributed by atoms with van der Waals surface area (Å²) in [6.07, 6.45) is 6.62. The normalized spacial score (nSPS) is 32.0. The van der Waals surface area contributed by atoms with Gasteiger partial charge in [-0.25, -0.2) is 0 Å². The van der Waals surface area contributed by atoms with Crippen LogP contribution >= 0.6 is 0 Å². The third kappa shape index (κ3) is 2.84. The lowest BCUT2D eigenvalue weighted by Gasteiger charge is -2.47. The van der Waals surface area contributed by atoms with Crippen molar-refractivity contribution in [1.29, 1.82) is 0 Å². The van der Waals surface area contributed by atoms with Crippen LogP contribution in [0.4, 0.5) is 0 Å². The molecule has 2 fully saturated rings. The maximum Gasteiger partial charge on any atom is 0.115 e. The van der Waals surface area contributed by atoms with Crippen molar-refractivity contribution in [3.63, 3.8) is 0 Å². The van der Waals surface area contributed by atoms with Gasteiger partial charge in [0, 0.05) is 24.2 Å². The van der Waals surface area contributed by atoms with Crippen LogP contribution in [0.25, 0.3) is 0 Å². The van der Waals surface area contributed by atoms with Crippen LogP contribution in [0.15, 0.2) is 24.3 Å². The Labute approximate surface area is 122 Å². The summed E-state index contributed by atoms with van der Waals surface area (Å²) in [7, 11) is 2.30. The average Bonchev–Trinajstić information content (AvgIpc) is 2.40. The molecule has 20 heavy (non-hydrogen) atoms. The van der Waals surface area contributed by atoms with Crippen molar-refractivity contribution in [2.45, 2.75) is 63.2 Å². The molecule has 0 spiro atoms. The first-order chi connectivity index (χ1) is 9.63. The van der Waals surface area contributed by atoms with Crippen LogP contribution in [-0.2, 0) is 0 Å². The summed E-state index contributed by atoms with van der Waals surface area (Å²) in [6.45, 7) is 2.20. The Hall–Kier alpha value is -1.06. The van der Waals surface area contributed by atoms with E-state index in [0.29, 0.717) is 17.8 Å². The molecule has 1 aromatic carbocycles. The highest BCUT2D eigenvalue weighted by molar-refractivity contribution is 5.29. The molecule has 0 radical (unpaired) electrons. The minimum Gasteiger partial charge on any atom is -0.508 e. The zero-order chi connectivity index (χ0) is 14.1. The van der Waals surface area contributed by atoms with Crippen molar-refractivity contribution in [3.8, 4) is 5.75 Å². The maximum atomic E-state index is 9.60. The number of nitrogens with zero attached hydrogens (tertiary/aromatic N) is 1. The molecule has 0 saturated carbocycles. The van der Waals surface area contributed by atoms with Gasteiger partial charge >= 0.3 is 0 Å². The Morgan fingerprint density at radius 3 is 2.60 bits per heavy atom. The number of fused-ring (bicyclic) bond motifs is 2. The van der Waals surface area contributed by atoms with Gasteiger partial charge in [-0.05, 0) is 57.4 Å². The summed E-state index contributed by atoms with van der Waals surface area (Å²) >= 11 is 0. The fourth-order valence-electron chi connectivity index (χ4n) is 4.00. The quantitative estimate of drug-likeness (QED) is 0.889. The first-order valence-electron chi connectivity index (χ1n) is 7.90. The van der Waals surface area contributed by atoms with Crippen LogP contribution in [0.3, 0.4) is 0 Å². The summed E-state index contributed by atoms with van der Waals surface area (Å²) in [5, 5.41) is 13.4. The third-order valence-corrected chi connectivity index (χ3v) is 5.20. The van der Waals surface area contributed by atoms with E-state index in [-0.39, 0.29) is 0 Å². The Bertz CT molecular complexity index is 448. The Morgan fingerprint density at radius 2 is 1.95 bits per heavy atom. The van der Waals surface area contributed by atoms with Crippen LogP contribution < -0.4 is 5.32 Å². The number of nitrogens with one attached hydrogen (secondary N) is 1. The number of aromatic hydroxyl groups is 1. The molecule has 3 nitrogen and oxygen atoms in total. The first-order valence-corrected chi connectivity index (χ1v) is 7.90. The van der Waals surface area contributed by atoms with Crippen LogP contribution in [0, 0.1) is 0 Å². The smallest absolute Gasteiger partial charge is 0.115 e. The van der Waals surface area contributed by atoms with E-state index in [1.807, 2.05) is 12.1 Å². The highest BCUT2D eigenvalue weighted by Gasteiger charge is 2.36. The van der Waals surface area contributed by atoms with Gasteiger partial charge in [0.2, 0.25) is 0 Å². The van der Waals surface area contributed by atoms with Crippen molar-refractivity contribution in [2.75, 3.05) is 7.05 Å². The zero-order valence-electron chi connectivity index (χ0n) is 12.5. The summed E-state index contributed by atoms with van der Waals surface area (Å²) in [5.74, 6) is 0.358. The average molecular weight is 274 g/mol. The number of hydrogen-bond acceptors (Lipinski definition) is 3. The van der Waals surface area contributed by atoms with E-state index in [1.54, 1.807) is 6.07 Å². The van der Waals surface area contributed by atoms with E-state index in [2.05, 4.69) is 30.3 Å². The standard InChI is InChI=1S/C17H26N2O/c1-12(13-5-3-8-17(20)9-13)18-14-10-15-6-4-7-16(11-14)19(15)2/h3,5,8-9,12,14-16,18,20H,4,6-7,10-11H2,1-2H3. The second kappa shape index (κ2) is 5.74. The minimum absolute atomic E-state index is 0.302. The molecule has 3 atom stereocenters. The molecular formula is C17H26N2O. The lowest BCUT2D eigenvalue weighted by Crippen LogP contribution is -2.54. The fourth-order valence-corrected chi connectivity index (χ4v) is 4.00. The summed E-state index contributed by atoms with van der Waals surface area (Å²) in [6, 6.07) is 10.0. The molecule has 2 N–H and O–H groups in total. The second-order valence-corrected chi connectivity index (χ2v) is 6.56. The predicted molar refractivity (Wildman–Crippen MR) is 81.9 cm³/mol. The predicted octanol–water partition coefficient (Wildman–Crippen LogP) is 3.06. The Balaban J connectivity index is 1.63. The lowest BCUT2D eigenvalue weighted by molar-refractivity contribution is 0.0463. The molecule has 0 aliphatic carbocycles. The highest BCUT2D eigenvalue weighted by Crippen LogP contribution is 2.33. The number of phenolic OH excluding ortho intramolecular Hbond substituents is 1. The SMILES string of the molecule is CC(NC1CC2CCCC(C1)N2C)c1cccc(O)c1. The molecule has 2 saturated heterocycles. The van der Waals surface area contributed by atoms with Crippen LogP contribution in [0.5, 0.6) is 5.75 Å². The Morgan fingerprint density at radius 1 is 1.25 bits per heavy atom. The molecule has 2 bridgehead atoms. The topological polar surface area (TPSA) is 35.5 Å². The van der Waals surface area contributed by atoms with Crippen molar-refractivity contribution >= 4 is 0 Å². The van der Waals surface area contributed by atoms with Crippen molar-refractivity contribution in [3.05, 3.63) is 29.8 Å². The van der Waals surface area contributed by atoms with E-state index < -0.39 is 0 Å².